The zero-order valence-corrected chi connectivity index (χ0v) is 17.4. The molecule has 2 aromatic carbocycles. The molecule has 2 aliphatic rings. The van der Waals surface area contributed by atoms with Crippen LogP contribution < -0.4 is 9.47 Å². The fourth-order valence-corrected chi connectivity index (χ4v) is 4.78. The highest BCUT2D eigenvalue weighted by Gasteiger charge is 2.40. The number of benzene rings is 2. The number of halogens is 1. The Kier molecular flexibility index (Phi) is 6.07. The van der Waals surface area contributed by atoms with Crippen molar-refractivity contribution in [2.45, 2.75) is 37.7 Å². The van der Waals surface area contributed by atoms with Gasteiger partial charge in [-0.1, -0.05) is 12.1 Å². The van der Waals surface area contributed by atoms with Crippen molar-refractivity contribution in [3.05, 3.63) is 58.9 Å². The standard InChI is InChI=1S/C24H30FNO3/c1-27-22-16-18-10-15-29-24(21(18)17-23(22)28-2,19-6-8-20(25)9-7-19)11-5-14-26-12-3-4-13-26/h6-9,16-17H,3-5,10-15H2,1-2H3. The van der Waals surface area contributed by atoms with Crippen LogP contribution in [0.25, 0.3) is 0 Å². The number of hydrogen-bond acceptors (Lipinski definition) is 4. The number of ether oxygens (including phenoxy) is 3. The molecule has 4 nitrogen and oxygen atoms in total. The van der Waals surface area contributed by atoms with Gasteiger partial charge < -0.3 is 19.1 Å². The van der Waals surface area contributed by atoms with Crippen molar-refractivity contribution in [3.8, 4) is 11.5 Å². The highest BCUT2D eigenvalue weighted by Crippen LogP contribution is 2.46. The molecule has 0 radical (unpaired) electrons. The third-order valence-corrected chi connectivity index (χ3v) is 6.28. The van der Waals surface area contributed by atoms with E-state index < -0.39 is 5.60 Å². The SMILES string of the molecule is COc1cc2c(cc1OC)C(CCCN1CCCC1)(c1ccc(F)cc1)OCC2. The predicted octanol–water partition coefficient (Wildman–Crippen LogP) is 4.54. The molecule has 2 heterocycles. The summed E-state index contributed by atoms with van der Waals surface area (Å²) in [5, 5.41) is 0. The molecule has 0 saturated carbocycles. The number of hydrogen-bond donors (Lipinski definition) is 0. The first-order chi connectivity index (χ1) is 14.2. The average Bonchev–Trinajstić information content (AvgIpc) is 3.27. The molecular weight excluding hydrogens is 369 g/mol. The van der Waals surface area contributed by atoms with Crippen LogP contribution in [-0.2, 0) is 16.8 Å². The van der Waals surface area contributed by atoms with Crippen LogP contribution in [0.2, 0.25) is 0 Å². The van der Waals surface area contributed by atoms with Crippen molar-refractivity contribution in [2.75, 3.05) is 40.5 Å². The van der Waals surface area contributed by atoms with Gasteiger partial charge in [-0.25, -0.2) is 4.39 Å². The summed E-state index contributed by atoms with van der Waals surface area (Å²) in [6, 6.07) is 10.9. The van der Waals surface area contributed by atoms with Gasteiger partial charge in [0.2, 0.25) is 0 Å². The van der Waals surface area contributed by atoms with Gasteiger partial charge in [0.15, 0.2) is 11.5 Å². The Labute approximate surface area is 172 Å². The van der Waals surface area contributed by atoms with E-state index in [0.29, 0.717) is 12.4 Å². The summed E-state index contributed by atoms with van der Waals surface area (Å²) < 4.78 is 31.3. The topological polar surface area (TPSA) is 30.9 Å². The lowest BCUT2D eigenvalue weighted by atomic mass is 9.77. The molecule has 0 N–H and O–H groups in total. The zero-order chi connectivity index (χ0) is 20.3. The summed E-state index contributed by atoms with van der Waals surface area (Å²) in [6.45, 7) is 4.07. The van der Waals surface area contributed by atoms with E-state index in [2.05, 4.69) is 11.0 Å². The first-order valence-electron chi connectivity index (χ1n) is 10.5. The van der Waals surface area contributed by atoms with Crippen molar-refractivity contribution in [2.24, 2.45) is 0 Å². The highest BCUT2D eigenvalue weighted by molar-refractivity contribution is 5.53. The molecule has 0 amide bonds. The molecule has 4 rings (SSSR count). The van der Waals surface area contributed by atoms with Gasteiger partial charge >= 0.3 is 0 Å². The van der Waals surface area contributed by atoms with E-state index in [-0.39, 0.29) is 5.82 Å². The van der Waals surface area contributed by atoms with Gasteiger partial charge in [-0.2, -0.15) is 0 Å². The maximum Gasteiger partial charge on any atom is 0.161 e. The van der Waals surface area contributed by atoms with E-state index in [0.717, 1.165) is 42.7 Å². The van der Waals surface area contributed by atoms with E-state index in [1.54, 1.807) is 14.2 Å². The van der Waals surface area contributed by atoms with Gasteiger partial charge in [-0.3, -0.25) is 0 Å². The molecule has 0 bridgehead atoms. The number of methoxy groups -OCH3 is 2. The third kappa shape index (κ3) is 3.99. The molecule has 0 aliphatic carbocycles. The van der Waals surface area contributed by atoms with E-state index in [9.17, 15) is 4.39 Å². The normalized spacial score (nSPS) is 21.8. The first-order valence-corrected chi connectivity index (χ1v) is 10.5. The summed E-state index contributed by atoms with van der Waals surface area (Å²) in [7, 11) is 3.31. The second-order valence-corrected chi connectivity index (χ2v) is 7.95. The second kappa shape index (κ2) is 8.72. The van der Waals surface area contributed by atoms with Gasteiger partial charge in [0.1, 0.15) is 11.4 Å². The molecule has 5 heteroatoms. The fourth-order valence-electron chi connectivity index (χ4n) is 4.78. The highest BCUT2D eigenvalue weighted by atomic mass is 19.1. The van der Waals surface area contributed by atoms with Crippen LogP contribution in [0, 0.1) is 5.82 Å². The summed E-state index contributed by atoms with van der Waals surface area (Å²) >= 11 is 0. The van der Waals surface area contributed by atoms with Gasteiger partial charge in [0.05, 0.1) is 20.8 Å². The monoisotopic (exact) mass is 399 g/mol. The first kappa shape index (κ1) is 20.2. The van der Waals surface area contributed by atoms with Crippen molar-refractivity contribution >= 4 is 0 Å². The van der Waals surface area contributed by atoms with Crippen LogP contribution >= 0.6 is 0 Å². The summed E-state index contributed by atoms with van der Waals surface area (Å²) in [5.41, 5.74) is 2.71. The predicted molar refractivity (Wildman–Crippen MR) is 111 cm³/mol. The Balaban J connectivity index is 1.73. The summed E-state index contributed by atoms with van der Waals surface area (Å²) in [4.78, 5) is 2.52. The maximum atomic E-state index is 13.7. The summed E-state index contributed by atoms with van der Waals surface area (Å²) in [6.07, 6.45) is 5.27. The molecule has 2 aromatic rings. The minimum atomic E-state index is -0.597. The van der Waals surface area contributed by atoms with E-state index in [4.69, 9.17) is 14.2 Å². The van der Waals surface area contributed by atoms with Crippen molar-refractivity contribution in [1.82, 2.24) is 4.90 Å². The second-order valence-electron chi connectivity index (χ2n) is 7.95. The zero-order valence-electron chi connectivity index (χ0n) is 17.4. The molecule has 2 aliphatic heterocycles. The number of nitrogens with zero attached hydrogens (tertiary/aromatic N) is 1. The molecule has 29 heavy (non-hydrogen) atoms. The van der Waals surface area contributed by atoms with Crippen molar-refractivity contribution < 1.29 is 18.6 Å². The fraction of sp³-hybridized carbons (Fsp3) is 0.500. The lowest BCUT2D eigenvalue weighted by Gasteiger charge is -2.40. The lowest BCUT2D eigenvalue weighted by Crippen LogP contribution is -2.38. The molecular formula is C24H30FNO3. The molecule has 1 saturated heterocycles. The van der Waals surface area contributed by atoms with E-state index in [1.165, 1.54) is 43.6 Å². The average molecular weight is 400 g/mol. The molecule has 0 spiro atoms. The number of rotatable bonds is 7. The Morgan fingerprint density at radius 3 is 2.41 bits per heavy atom. The Morgan fingerprint density at radius 1 is 1.03 bits per heavy atom. The lowest BCUT2D eigenvalue weighted by molar-refractivity contribution is -0.0372. The Morgan fingerprint density at radius 2 is 1.72 bits per heavy atom. The van der Waals surface area contributed by atoms with Crippen LogP contribution in [0.4, 0.5) is 4.39 Å². The summed E-state index contributed by atoms with van der Waals surface area (Å²) in [5.74, 6) is 1.20. The maximum absolute atomic E-state index is 13.7. The largest absolute Gasteiger partial charge is 0.493 e. The minimum Gasteiger partial charge on any atom is -0.493 e. The Bertz CT molecular complexity index is 833. The van der Waals surface area contributed by atoms with Gasteiger partial charge in [0.25, 0.3) is 0 Å². The van der Waals surface area contributed by atoms with Crippen molar-refractivity contribution in [1.29, 1.82) is 0 Å². The van der Waals surface area contributed by atoms with Gasteiger partial charge in [-0.15, -0.1) is 0 Å². The van der Waals surface area contributed by atoms with E-state index >= 15 is 0 Å². The van der Waals surface area contributed by atoms with Gasteiger partial charge in [0, 0.05) is 0 Å². The van der Waals surface area contributed by atoms with Crippen LogP contribution in [-0.4, -0.2) is 45.4 Å². The minimum absolute atomic E-state index is 0.232. The molecule has 0 aromatic heterocycles. The molecule has 1 atom stereocenters. The molecule has 156 valence electrons. The third-order valence-electron chi connectivity index (χ3n) is 6.28. The van der Waals surface area contributed by atoms with E-state index in [1.807, 2.05) is 18.2 Å². The van der Waals surface area contributed by atoms with Crippen LogP contribution in [0.3, 0.4) is 0 Å². The Hall–Kier alpha value is -2.11. The van der Waals surface area contributed by atoms with Gasteiger partial charge in [-0.05, 0) is 92.7 Å². The van der Waals surface area contributed by atoms with Crippen LogP contribution in [0.5, 0.6) is 11.5 Å². The number of likely N-dealkylation sites (tertiary alicyclic amines) is 1. The van der Waals surface area contributed by atoms with Crippen LogP contribution in [0.15, 0.2) is 36.4 Å². The van der Waals surface area contributed by atoms with Crippen molar-refractivity contribution in [3.63, 3.8) is 0 Å². The molecule has 1 fully saturated rings. The quantitative estimate of drug-likeness (QED) is 0.684. The smallest absolute Gasteiger partial charge is 0.161 e. The number of fused-ring (bicyclic) bond motifs is 1. The van der Waals surface area contributed by atoms with Crippen LogP contribution in [0.1, 0.15) is 42.4 Å². The molecule has 1 unspecified atom stereocenters.